The molecule has 0 aromatic rings. The van der Waals surface area contributed by atoms with Crippen LogP contribution in [0.1, 0.15) is 61.3 Å². The summed E-state index contributed by atoms with van der Waals surface area (Å²) in [5.74, 6) is 8.36. The molecule has 2 N–H and O–H groups in total. The van der Waals surface area contributed by atoms with Crippen LogP contribution < -0.4 is 5.32 Å². The Labute approximate surface area is 329 Å². The molecule has 1 rings (SSSR count). The maximum atomic E-state index is 11.7. The summed E-state index contributed by atoms with van der Waals surface area (Å²) >= 11 is 0. The van der Waals surface area contributed by atoms with Crippen molar-refractivity contribution in [3.05, 3.63) is 157 Å². The first-order chi connectivity index (χ1) is 26.4. The van der Waals surface area contributed by atoms with Gasteiger partial charge in [-0.05, 0) is 162 Å². The second-order valence-corrected chi connectivity index (χ2v) is 9.59. The number of rotatable bonds is 5. The monoisotopic (exact) mass is 741 g/mol. The van der Waals surface area contributed by atoms with E-state index in [-0.39, 0.29) is 25.0 Å². The predicted octanol–water partition coefficient (Wildman–Crippen LogP) is 6.95. The van der Waals surface area contributed by atoms with Crippen molar-refractivity contribution in [2.45, 2.75) is 79.6 Å². The zero-order valence-corrected chi connectivity index (χ0v) is 31.1. The quantitative estimate of drug-likeness (QED) is 0.103. The number of allylic oxidation sites excluding steroid dienone is 2. The van der Waals surface area contributed by atoms with Crippen LogP contribution in [0.4, 0.5) is 4.79 Å². The van der Waals surface area contributed by atoms with Gasteiger partial charge < -0.3 is 19.9 Å². The van der Waals surface area contributed by atoms with Crippen LogP contribution in [-0.2, 0) is 23.9 Å². The zero-order chi connectivity index (χ0) is 41.4. The highest BCUT2D eigenvalue weighted by Gasteiger charge is 2.17. The van der Waals surface area contributed by atoms with Crippen molar-refractivity contribution in [3.8, 4) is 23.7 Å². The van der Waals surface area contributed by atoms with Crippen LogP contribution in [0.3, 0.4) is 0 Å². The second-order valence-electron chi connectivity index (χ2n) is 9.59. The number of amides is 1. The smallest absolute Gasteiger partial charge is 0.407 e. The van der Waals surface area contributed by atoms with Gasteiger partial charge in [-0.3, -0.25) is 9.59 Å². The molecule has 1 aliphatic carbocycles. The Bertz CT molecular complexity index is 2350. The van der Waals surface area contributed by atoms with Crippen LogP contribution in [0.5, 0.6) is 0 Å². The van der Waals surface area contributed by atoms with Crippen LogP contribution in [0, 0.1) is 23.7 Å². The number of carbonyl (C=O) groups is 4. The minimum absolute atomic E-state index is 0. The van der Waals surface area contributed by atoms with Crippen molar-refractivity contribution in [2.24, 2.45) is 0 Å². The van der Waals surface area contributed by atoms with E-state index in [0.717, 1.165) is 18.4 Å². The minimum atomic E-state index is -0.695. The first-order valence-electron chi connectivity index (χ1n) is 16.0. The van der Waals surface area contributed by atoms with Crippen molar-refractivity contribution in [3.63, 3.8) is 0 Å². The molecular formula is C48H39NO7. The Morgan fingerprint density at radius 1 is 0.768 bits per heavy atom. The van der Waals surface area contributed by atoms with Gasteiger partial charge in [0.2, 0.25) is 11.6 Å². The van der Waals surface area contributed by atoms with Gasteiger partial charge in [-0.1, -0.05) is 42.9 Å². The average molecular weight is 742 g/mol. The maximum absolute atomic E-state index is 11.7. The lowest BCUT2D eigenvalue weighted by Crippen LogP contribution is -2.36. The standard InChI is InChI=1S/C23H4.C18H23NO5.C6H8O2.CH4/c1-3-5-7-9-11-13-15-17-19-21-23-22-20-18-16-14-12-10-8-6-4-2;1-4-23-18(22)19-16-7-5-6-15(12-16)10-11-17(21)24-14(3)9-8-13(2)20;1-5(7)3-4-6(2)8;/h1-2H2;6,10-11,14,16H,4-5,7,12H2,1-3H3,(H,19,22);5,7H,1-2H3;1H4/b;11-10+;;/t;14-,16-;5-;/m.11./s1. The van der Waals surface area contributed by atoms with E-state index in [2.05, 4.69) is 163 Å². The summed E-state index contributed by atoms with van der Waals surface area (Å²) < 4.78 is 9.91. The molecule has 0 heterocycles. The van der Waals surface area contributed by atoms with Crippen LogP contribution >= 0.6 is 0 Å². The molecule has 0 aromatic heterocycles. The summed E-state index contributed by atoms with van der Waals surface area (Å²) in [7, 11) is 0. The van der Waals surface area contributed by atoms with Gasteiger partial charge in [0.1, 0.15) is 6.10 Å². The average Bonchev–Trinajstić information content (AvgIpc) is 3.14. The summed E-state index contributed by atoms with van der Waals surface area (Å²) in [4.78, 5) is 43.9. The molecule has 56 heavy (non-hydrogen) atoms. The van der Waals surface area contributed by atoms with Gasteiger partial charge in [0.25, 0.3) is 0 Å². The van der Waals surface area contributed by atoms with E-state index in [9.17, 15) is 19.2 Å². The Morgan fingerprint density at radius 2 is 1.18 bits per heavy atom. The predicted molar refractivity (Wildman–Crippen MR) is 211 cm³/mol. The molecular weight excluding hydrogens is 703 g/mol. The third-order valence-electron chi connectivity index (χ3n) is 4.94. The molecule has 0 aliphatic heterocycles. The van der Waals surface area contributed by atoms with Crippen LogP contribution in [0.15, 0.2) is 157 Å². The SMILES string of the molecule is C.C=C=C=C=C=C=C=C=C=C=C=C=C=C=C=C=C=C=C=C=C=C=C.CC(=O)C#C[C@@H](C)O.CCOC(=O)N[C@@H]1CCC=C(/C=C/C(=O)O[C@H](C)C#CC(C)=O)C1. The van der Waals surface area contributed by atoms with Gasteiger partial charge in [-0.2, -0.15) is 0 Å². The lowest BCUT2D eigenvalue weighted by Gasteiger charge is -2.22. The molecule has 0 saturated carbocycles. The van der Waals surface area contributed by atoms with E-state index < -0.39 is 24.3 Å². The number of ether oxygens (including phenoxy) is 2. The van der Waals surface area contributed by atoms with Crippen molar-refractivity contribution in [1.29, 1.82) is 0 Å². The molecule has 0 saturated heterocycles. The summed E-state index contributed by atoms with van der Waals surface area (Å²) in [6.07, 6.45) is 5.52. The van der Waals surface area contributed by atoms with Gasteiger partial charge in [-0.25, -0.2) is 9.59 Å². The molecule has 0 fully saturated rings. The molecule has 1 aliphatic rings. The van der Waals surface area contributed by atoms with Gasteiger partial charge in [0.05, 0.1) is 6.61 Å². The molecule has 278 valence electrons. The molecule has 0 spiro atoms. The van der Waals surface area contributed by atoms with Crippen LogP contribution in [0.25, 0.3) is 0 Å². The number of nitrogens with one attached hydrogen (secondary N) is 1. The number of ketones is 2. The first kappa shape index (κ1) is 52.1. The molecule has 0 unspecified atom stereocenters. The number of carbonyl (C=O) groups excluding carboxylic acids is 4. The van der Waals surface area contributed by atoms with E-state index in [1.54, 1.807) is 19.9 Å². The Balaban J connectivity index is -0.000000828. The number of hydrogen-bond acceptors (Lipinski definition) is 7. The number of aliphatic hydroxyl groups excluding tert-OH is 1. The van der Waals surface area contributed by atoms with Crippen LogP contribution in [0.2, 0.25) is 0 Å². The Hall–Kier alpha value is -8.24. The largest absolute Gasteiger partial charge is 0.450 e. The zero-order valence-electron chi connectivity index (χ0n) is 31.1. The highest BCUT2D eigenvalue weighted by Crippen LogP contribution is 2.19. The second kappa shape index (κ2) is 38.0. The van der Waals surface area contributed by atoms with Gasteiger partial charge in [-0.15, -0.1) is 0 Å². The van der Waals surface area contributed by atoms with Crippen molar-refractivity contribution in [2.75, 3.05) is 6.61 Å². The Kier molecular flexibility index (Phi) is 35.4. The molecule has 0 aromatic carbocycles. The molecule has 3 atom stereocenters. The van der Waals surface area contributed by atoms with Crippen molar-refractivity contribution in [1.82, 2.24) is 5.32 Å². The van der Waals surface area contributed by atoms with Crippen molar-refractivity contribution >= 4 is 23.6 Å². The molecule has 1 amide bonds. The number of esters is 1. The van der Waals surface area contributed by atoms with Gasteiger partial charge in [0.15, 0.2) is 6.10 Å². The van der Waals surface area contributed by atoms with Gasteiger partial charge >= 0.3 is 12.1 Å². The molecule has 8 heteroatoms. The molecule has 0 radical (unpaired) electrons. The fourth-order valence-corrected chi connectivity index (χ4v) is 2.99. The first-order valence-corrected chi connectivity index (χ1v) is 16.0. The lowest BCUT2D eigenvalue weighted by atomic mass is 9.94. The van der Waals surface area contributed by atoms with E-state index >= 15 is 0 Å². The maximum Gasteiger partial charge on any atom is 0.407 e. The summed E-state index contributed by atoms with van der Waals surface area (Å²) in [6.45, 7) is 14.5. The molecule has 8 nitrogen and oxygen atoms in total. The minimum Gasteiger partial charge on any atom is -0.450 e. The fraction of sp³-hybridized carbons (Fsp3) is 0.271. The van der Waals surface area contributed by atoms with E-state index in [0.29, 0.717) is 13.0 Å². The van der Waals surface area contributed by atoms with E-state index in [1.807, 2.05) is 6.08 Å². The fourth-order valence-electron chi connectivity index (χ4n) is 2.99. The summed E-state index contributed by atoms with van der Waals surface area (Å²) in [5.41, 5.74) is 52.8. The normalized spacial score (nSPS) is 10.9. The van der Waals surface area contributed by atoms with Gasteiger partial charge in [0, 0.05) is 43.2 Å². The topological polar surface area (TPSA) is 119 Å². The third kappa shape index (κ3) is 40.2. The number of aliphatic hydroxyl groups is 1. The molecule has 0 bridgehead atoms. The highest BCUT2D eigenvalue weighted by atomic mass is 16.5. The lowest BCUT2D eigenvalue weighted by molar-refractivity contribution is -0.139. The van der Waals surface area contributed by atoms with E-state index in [4.69, 9.17) is 14.6 Å². The Morgan fingerprint density at radius 3 is 1.54 bits per heavy atom. The number of Topliss-reactive ketones (excluding diaryl/α,β-unsaturated/α-hetero) is 2. The third-order valence-corrected chi connectivity index (χ3v) is 4.94. The number of hydrogen-bond donors (Lipinski definition) is 2. The number of alkyl carbamates (subject to hydrolysis) is 1. The summed E-state index contributed by atoms with van der Waals surface area (Å²) in [5, 5.41) is 11.3. The van der Waals surface area contributed by atoms with E-state index in [1.165, 1.54) is 26.8 Å². The summed E-state index contributed by atoms with van der Waals surface area (Å²) in [6, 6.07) is -0.00919. The highest BCUT2D eigenvalue weighted by molar-refractivity contribution is 5.93. The van der Waals surface area contributed by atoms with Crippen molar-refractivity contribution < 1.29 is 33.8 Å². The van der Waals surface area contributed by atoms with Crippen LogP contribution in [-0.4, -0.2) is 53.6 Å².